The zero-order chi connectivity index (χ0) is 10.6. The van der Waals surface area contributed by atoms with E-state index in [1.54, 1.807) is 0 Å². The number of carbonyl (C=O) groups excluding carboxylic acids is 2. The first-order valence-corrected chi connectivity index (χ1v) is 4.70. The number of methoxy groups -OCH3 is 1. The first-order valence-electron chi connectivity index (χ1n) is 4.70. The van der Waals surface area contributed by atoms with Crippen LogP contribution in [0.5, 0.6) is 0 Å². The second-order valence-corrected chi connectivity index (χ2v) is 3.42. The molecule has 0 spiro atoms. The summed E-state index contributed by atoms with van der Waals surface area (Å²) in [5.41, 5.74) is 0. The zero-order valence-corrected chi connectivity index (χ0v) is 8.58. The van der Waals surface area contributed by atoms with Crippen LogP contribution in [0, 0.1) is 0 Å². The first kappa shape index (κ1) is 11.0. The van der Waals surface area contributed by atoms with Crippen molar-refractivity contribution < 1.29 is 14.3 Å². The number of amides is 1. The lowest BCUT2D eigenvalue weighted by Gasteiger charge is -2.22. The molecule has 1 amide bonds. The lowest BCUT2D eigenvalue weighted by Crippen LogP contribution is -2.43. The minimum absolute atomic E-state index is 0.0876. The molecule has 80 valence electrons. The normalized spacial score (nSPS) is 23.9. The van der Waals surface area contributed by atoms with Crippen molar-refractivity contribution in [3.8, 4) is 0 Å². The average Bonchev–Trinajstić information content (AvgIpc) is 2.32. The Bertz CT molecular complexity index is 230. The molecule has 0 radical (unpaired) electrons. The highest BCUT2D eigenvalue weighted by Gasteiger charge is 2.27. The molecule has 0 aliphatic carbocycles. The van der Waals surface area contributed by atoms with Crippen LogP contribution in [0.4, 0.5) is 0 Å². The fourth-order valence-electron chi connectivity index (χ4n) is 1.50. The summed E-state index contributed by atoms with van der Waals surface area (Å²) >= 11 is 0. The van der Waals surface area contributed by atoms with Crippen LogP contribution in [0.1, 0.15) is 12.8 Å². The molecule has 1 aliphatic heterocycles. The summed E-state index contributed by atoms with van der Waals surface area (Å²) in [6.07, 6.45) is 1.04. The molecule has 14 heavy (non-hydrogen) atoms. The van der Waals surface area contributed by atoms with Crippen LogP contribution in [0.25, 0.3) is 0 Å². The van der Waals surface area contributed by atoms with Crippen LogP contribution in [0.3, 0.4) is 0 Å². The lowest BCUT2D eigenvalue weighted by atomic mass is 10.2. The van der Waals surface area contributed by atoms with Crippen LogP contribution in [-0.4, -0.2) is 50.1 Å². The third-order valence-electron chi connectivity index (χ3n) is 2.41. The molecule has 0 aromatic rings. The molecule has 1 heterocycles. The molecule has 1 saturated heterocycles. The van der Waals surface area contributed by atoms with Gasteiger partial charge in [0.1, 0.15) is 0 Å². The molecule has 1 rings (SSSR count). The summed E-state index contributed by atoms with van der Waals surface area (Å²) < 4.78 is 4.54. The highest BCUT2D eigenvalue weighted by atomic mass is 16.5. The number of nitrogens with zero attached hydrogens (tertiary/aromatic N) is 1. The SMILES string of the molecule is COC(=O)CC1C(=O)NCCCN1C. The Hall–Kier alpha value is -1.10. The number of hydrogen-bond donors (Lipinski definition) is 1. The van der Waals surface area contributed by atoms with Crippen LogP contribution < -0.4 is 5.32 Å². The van der Waals surface area contributed by atoms with Gasteiger partial charge in [-0.15, -0.1) is 0 Å². The smallest absolute Gasteiger partial charge is 0.307 e. The summed E-state index contributed by atoms with van der Waals surface area (Å²) in [6, 6.07) is -0.384. The number of ether oxygens (including phenoxy) is 1. The van der Waals surface area contributed by atoms with Gasteiger partial charge in [0.15, 0.2) is 0 Å². The van der Waals surface area contributed by atoms with E-state index in [0.717, 1.165) is 13.0 Å². The number of hydrogen-bond acceptors (Lipinski definition) is 4. The van der Waals surface area contributed by atoms with Gasteiger partial charge in [0.05, 0.1) is 19.6 Å². The molecule has 0 bridgehead atoms. The summed E-state index contributed by atoms with van der Waals surface area (Å²) in [6.45, 7) is 1.50. The van der Waals surface area contributed by atoms with Crippen molar-refractivity contribution in [1.29, 1.82) is 0 Å². The molecule has 1 atom stereocenters. The van der Waals surface area contributed by atoms with Gasteiger partial charge < -0.3 is 10.1 Å². The van der Waals surface area contributed by atoms with Gasteiger partial charge in [-0.1, -0.05) is 0 Å². The standard InChI is InChI=1S/C9H16N2O3/c1-11-5-3-4-10-9(13)7(11)6-8(12)14-2/h7H,3-6H2,1-2H3,(H,10,13). The zero-order valence-electron chi connectivity index (χ0n) is 8.58. The molecular weight excluding hydrogens is 184 g/mol. The molecule has 0 aromatic carbocycles. The Balaban J connectivity index is 2.60. The average molecular weight is 200 g/mol. The minimum Gasteiger partial charge on any atom is -0.469 e. The van der Waals surface area contributed by atoms with Crippen LogP contribution in [0.15, 0.2) is 0 Å². The topological polar surface area (TPSA) is 58.6 Å². The Morgan fingerprint density at radius 2 is 2.43 bits per heavy atom. The van der Waals surface area contributed by atoms with Crippen LogP contribution in [0.2, 0.25) is 0 Å². The number of rotatable bonds is 2. The second kappa shape index (κ2) is 4.95. The maximum atomic E-state index is 11.5. The Labute approximate surface area is 83.4 Å². The van der Waals surface area contributed by atoms with Crippen molar-refractivity contribution in [2.45, 2.75) is 18.9 Å². The Morgan fingerprint density at radius 1 is 1.71 bits per heavy atom. The van der Waals surface area contributed by atoms with E-state index in [0.29, 0.717) is 6.54 Å². The first-order chi connectivity index (χ1) is 6.65. The third-order valence-corrected chi connectivity index (χ3v) is 2.41. The fraction of sp³-hybridized carbons (Fsp3) is 0.778. The number of carbonyl (C=O) groups is 2. The van der Waals surface area contributed by atoms with E-state index in [9.17, 15) is 9.59 Å². The number of nitrogens with one attached hydrogen (secondary N) is 1. The largest absolute Gasteiger partial charge is 0.469 e. The summed E-state index contributed by atoms with van der Waals surface area (Å²) in [7, 11) is 3.18. The van der Waals surface area contributed by atoms with E-state index in [1.165, 1.54) is 7.11 Å². The number of likely N-dealkylation sites (N-methyl/N-ethyl adjacent to an activating group) is 1. The molecule has 1 N–H and O–H groups in total. The lowest BCUT2D eigenvalue weighted by molar-refractivity contribution is -0.144. The van der Waals surface area contributed by atoms with Gasteiger partial charge in [0, 0.05) is 13.1 Å². The molecule has 1 fully saturated rings. The van der Waals surface area contributed by atoms with E-state index >= 15 is 0 Å². The van der Waals surface area contributed by atoms with Gasteiger partial charge >= 0.3 is 5.97 Å². The van der Waals surface area contributed by atoms with Gasteiger partial charge in [-0.05, 0) is 13.5 Å². The van der Waals surface area contributed by atoms with Crippen molar-refractivity contribution in [3.05, 3.63) is 0 Å². The maximum Gasteiger partial charge on any atom is 0.307 e. The Kier molecular flexibility index (Phi) is 3.88. The molecule has 0 saturated carbocycles. The molecule has 5 nitrogen and oxygen atoms in total. The molecule has 1 aliphatic rings. The van der Waals surface area contributed by atoms with Gasteiger partial charge in [-0.25, -0.2) is 0 Å². The summed E-state index contributed by atoms with van der Waals surface area (Å²) in [5.74, 6) is -0.436. The van der Waals surface area contributed by atoms with Crippen molar-refractivity contribution in [2.75, 3.05) is 27.2 Å². The number of esters is 1. The third kappa shape index (κ3) is 2.70. The Morgan fingerprint density at radius 3 is 3.07 bits per heavy atom. The van der Waals surface area contributed by atoms with Crippen molar-refractivity contribution in [3.63, 3.8) is 0 Å². The molecule has 1 unspecified atom stereocenters. The van der Waals surface area contributed by atoms with E-state index in [1.807, 2.05) is 11.9 Å². The monoisotopic (exact) mass is 200 g/mol. The van der Waals surface area contributed by atoms with E-state index in [-0.39, 0.29) is 24.3 Å². The maximum absolute atomic E-state index is 11.5. The van der Waals surface area contributed by atoms with Crippen molar-refractivity contribution in [2.24, 2.45) is 0 Å². The van der Waals surface area contributed by atoms with E-state index in [2.05, 4.69) is 10.1 Å². The van der Waals surface area contributed by atoms with Gasteiger partial charge in [0.2, 0.25) is 5.91 Å². The molecule has 5 heteroatoms. The minimum atomic E-state index is -0.384. The summed E-state index contributed by atoms with van der Waals surface area (Å²) in [5, 5.41) is 2.77. The molecule has 0 aromatic heterocycles. The van der Waals surface area contributed by atoms with Crippen molar-refractivity contribution >= 4 is 11.9 Å². The highest BCUT2D eigenvalue weighted by Crippen LogP contribution is 2.07. The van der Waals surface area contributed by atoms with Crippen LogP contribution >= 0.6 is 0 Å². The predicted molar refractivity (Wildman–Crippen MR) is 50.7 cm³/mol. The van der Waals surface area contributed by atoms with Crippen molar-refractivity contribution in [1.82, 2.24) is 10.2 Å². The highest BCUT2D eigenvalue weighted by molar-refractivity contribution is 5.86. The van der Waals surface area contributed by atoms with Gasteiger partial charge in [-0.2, -0.15) is 0 Å². The van der Waals surface area contributed by atoms with E-state index < -0.39 is 0 Å². The van der Waals surface area contributed by atoms with Crippen LogP contribution in [-0.2, 0) is 14.3 Å². The van der Waals surface area contributed by atoms with Gasteiger partial charge in [-0.3, -0.25) is 14.5 Å². The fourth-order valence-corrected chi connectivity index (χ4v) is 1.50. The molecular formula is C9H16N2O3. The van der Waals surface area contributed by atoms with Gasteiger partial charge in [0.25, 0.3) is 0 Å². The second-order valence-electron chi connectivity index (χ2n) is 3.42. The predicted octanol–water partition coefficient (Wildman–Crippen LogP) is -0.630. The van der Waals surface area contributed by atoms with E-state index in [4.69, 9.17) is 0 Å². The summed E-state index contributed by atoms with van der Waals surface area (Å²) in [4.78, 5) is 24.5. The quantitative estimate of drug-likeness (QED) is 0.603.